The maximum Gasteiger partial charge on any atom is 0.235 e. The van der Waals surface area contributed by atoms with Gasteiger partial charge in [0.05, 0.1) is 23.7 Å². The first-order chi connectivity index (χ1) is 13.9. The highest BCUT2D eigenvalue weighted by atomic mass is 32.2. The number of nitrogens with zero attached hydrogens (tertiary/aromatic N) is 1. The molecule has 2 rings (SSSR count). The van der Waals surface area contributed by atoms with Crippen molar-refractivity contribution in [2.75, 3.05) is 19.1 Å². The van der Waals surface area contributed by atoms with Gasteiger partial charge in [-0.25, -0.2) is 16.8 Å². The maximum atomic E-state index is 12.6. The molecule has 0 radical (unpaired) electrons. The summed E-state index contributed by atoms with van der Waals surface area (Å²) in [5, 5.41) is 2.84. The van der Waals surface area contributed by atoms with Crippen LogP contribution in [0.15, 0.2) is 53.4 Å². The SMILES string of the molecule is CC[C@H](NC(=O)CN(Cc1ccc(C)cc1)S(C)(=O)=O)c1ccc(S(C)(=O)=O)cc1. The minimum absolute atomic E-state index is 0.104. The smallest absolute Gasteiger partial charge is 0.235 e. The summed E-state index contributed by atoms with van der Waals surface area (Å²) in [6.07, 6.45) is 2.78. The Kier molecular flexibility index (Phi) is 7.79. The maximum absolute atomic E-state index is 12.6. The van der Waals surface area contributed by atoms with Crippen molar-refractivity contribution in [1.29, 1.82) is 0 Å². The molecule has 0 aliphatic rings. The van der Waals surface area contributed by atoms with Gasteiger partial charge in [0.1, 0.15) is 0 Å². The van der Waals surface area contributed by atoms with Crippen LogP contribution in [0.25, 0.3) is 0 Å². The van der Waals surface area contributed by atoms with Crippen LogP contribution in [0.4, 0.5) is 0 Å². The third kappa shape index (κ3) is 6.93. The fourth-order valence-corrected chi connectivity index (χ4v) is 4.32. The Morgan fingerprint density at radius 3 is 2.00 bits per heavy atom. The highest BCUT2D eigenvalue weighted by molar-refractivity contribution is 7.90. The van der Waals surface area contributed by atoms with Crippen molar-refractivity contribution in [2.45, 2.75) is 37.8 Å². The fourth-order valence-electron chi connectivity index (χ4n) is 2.96. The summed E-state index contributed by atoms with van der Waals surface area (Å²) in [6, 6.07) is 13.4. The molecule has 0 saturated carbocycles. The van der Waals surface area contributed by atoms with Gasteiger partial charge >= 0.3 is 0 Å². The number of aryl methyl sites for hydroxylation is 1. The molecule has 0 spiro atoms. The van der Waals surface area contributed by atoms with Crippen LogP contribution in [0, 0.1) is 6.92 Å². The standard InChI is InChI=1S/C21H28N2O5S2/c1-5-20(18-10-12-19(13-11-18)29(3,25)26)22-21(24)15-23(30(4,27)28)14-17-8-6-16(2)7-9-17/h6-13,20H,5,14-15H2,1-4H3,(H,22,24)/t20-/m0/s1. The first kappa shape index (κ1) is 24.0. The van der Waals surface area contributed by atoms with E-state index in [9.17, 15) is 21.6 Å². The summed E-state index contributed by atoms with van der Waals surface area (Å²) in [4.78, 5) is 12.8. The zero-order valence-corrected chi connectivity index (χ0v) is 19.3. The number of hydrogen-bond donors (Lipinski definition) is 1. The normalized spacial score (nSPS) is 13.2. The lowest BCUT2D eigenvalue weighted by atomic mass is 10.0. The van der Waals surface area contributed by atoms with Crippen LogP contribution < -0.4 is 5.32 Å². The van der Waals surface area contributed by atoms with Crippen molar-refractivity contribution >= 4 is 25.8 Å². The van der Waals surface area contributed by atoms with Crippen LogP contribution in [0.5, 0.6) is 0 Å². The van der Waals surface area contributed by atoms with Crippen molar-refractivity contribution < 1.29 is 21.6 Å². The Balaban J connectivity index is 2.11. The average Bonchev–Trinajstić information content (AvgIpc) is 2.66. The van der Waals surface area contributed by atoms with Crippen molar-refractivity contribution in [3.63, 3.8) is 0 Å². The number of nitrogens with one attached hydrogen (secondary N) is 1. The second kappa shape index (κ2) is 9.72. The molecule has 1 amide bonds. The van der Waals surface area contributed by atoms with E-state index in [0.717, 1.165) is 33.5 Å². The Labute approximate surface area is 179 Å². The van der Waals surface area contributed by atoms with E-state index >= 15 is 0 Å². The van der Waals surface area contributed by atoms with Crippen molar-refractivity contribution in [3.05, 3.63) is 65.2 Å². The molecule has 0 aliphatic heterocycles. The molecule has 2 aromatic rings. The number of sulfone groups is 1. The van der Waals surface area contributed by atoms with Gasteiger partial charge in [0.2, 0.25) is 15.9 Å². The van der Waals surface area contributed by atoms with Crippen molar-refractivity contribution in [2.24, 2.45) is 0 Å². The molecule has 0 bridgehead atoms. The number of carbonyl (C=O) groups is 1. The van der Waals surface area contributed by atoms with Gasteiger partial charge in [0.25, 0.3) is 0 Å². The molecule has 0 heterocycles. The molecule has 0 saturated heterocycles. The summed E-state index contributed by atoms with van der Waals surface area (Å²) in [5.41, 5.74) is 2.61. The molecular formula is C21H28N2O5S2. The lowest BCUT2D eigenvalue weighted by Crippen LogP contribution is -2.41. The second-order valence-corrected chi connectivity index (χ2v) is 11.4. The molecule has 2 aromatic carbocycles. The summed E-state index contributed by atoms with van der Waals surface area (Å²) in [5.74, 6) is -0.424. The lowest BCUT2D eigenvalue weighted by molar-refractivity contribution is -0.122. The third-order valence-corrected chi connectivity index (χ3v) is 7.05. The molecule has 0 fully saturated rings. The zero-order valence-electron chi connectivity index (χ0n) is 17.6. The van der Waals surface area contributed by atoms with Gasteiger partial charge in [-0.2, -0.15) is 4.31 Å². The highest BCUT2D eigenvalue weighted by Crippen LogP contribution is 2.19. The van der Waals surface area contributed by atoms with Crippen molar-refractivity contribution in [1.82, 2.24) is 9.62 Å². The Hall–Kier alpha value is -2.23. The van der Waals surface area contributed by atoms with Crippen LogP contribution in [0.2, 0.25) is 0 Å². The van der Waals surface area contributed by atoms with E-state index in [1.54, 1.807) is 12.1 Å². The largest absolute Gasteiger partial charge is 0.348 e. The monoisotopic (exact) mass is 452 g/mol. The van der Waals surface area contributed by atoms with Gasteiger partial charge in [0, 0.05) is 12.8 Å². The third-order valence-electron chi connectivity index (χ3n) is 4.72. The first-order valence-corrected chi connectivity index (χ1v) is 13.2. The van der Waals surface area contributed by atoms with Gasteiger partial charge in [-0.1, -0.05) is 48.9 Å². The Bertz CT molecular complexity index is 1080. The zero-order chi connectivity index (χ0) is 22.5. The van der Waals surface area contributed by atoms with Crippen LogP contribution in [-0.4, -0.2) is 46.1 Å². The molecule has 1 N–H and O–H groups in total. The Morgan fingerprint density at radius 1 is 0.967 bits per heavy atom. The van der Waals surface area contributed by atoms with Crippen LogP contribution >= 0.6 is 0 Å². The molecule has 164 valence electrons. The quantitative estimate of drug-likeness (QED) is 0.630. The average molecular weight is 453 g/mol. The predicted molar refractivity (Wildman–Crippen MR) is 117 cm³/mol. The van der Waals surface area contributed by atoms with Gasteiger partial charge in [-0.3, -0.25) is 4.79 Å². The molecule has 0 aliphatic carbocycles. The van der Waals surface area contributed by atoms with Crippen molar-refractivity contribution in [3.8, 4) is 0 Å². The number of hydrogen-bond acceptors (Lipinski definition) is 5. The second-order valence-electron chi connectivity index (χ2n) is 7.39. The molecule has 1 atom stereocenters. The lowest BCUT2D eigenvalue weighted by Gasteiger charge is -2.23. The van der Waals surface area contributed by atoms with Gasteiger partial charge in [-0.05, 0) is 36.6 Å². The van der Waals surface area contributed by atoms with E-state index in [1.165, 1.54) is 12.1 Å². The van der Waals surface area contributed by atoms with Gasteiger partial charge in [0.15, 0.2) is 9.84 Å². The Morgan fingerprint density at radius 2 is 1.53 bits per heavy atom. The van der Waals surface area contributed by atoms with E-state index in [0.29, 0.717) is 6.42 Å². The minimum Gasteiger partial charge on any atom is -0.348 e. The fraction of sp³-hybridized carbons (Fsp3) is 0.381. The van der Waals surface area contributed by atoms with E-state index in [1.807, 2.05) is 38.1 Å². The van der Waals surface area contributed by atoms with Crippen LogP contribution in [0.3, 0.4) is 0 Å². The van der Waals surface area contributed by atoms with E-state index in [-0.39, 0.29) is 24.0 Å². The predicted octanol–water partition coefficient (Wildman–Crippen LogP) is 2.43. The summed E-state index contributed by atoms with van der Waals surface area (Å²) in [7, 11) is -6.89. The number of carbonyl (C=O) groups excluding carboxylic acids is 1. The molecular weight excluding hydrogens is 424 g/mol. The van der Waals surface area contributed by atoms with Crippen LogP contribution in [-0.2, 0) is 31.2 Å². The highest BCUT2D eigenvalue weighted by Gasteiger charge is 2.22. The van der Waals surface area contributed by atoms with E-state index in [4.69, 9.17) is 0 Å². The minimum atomic E-state index is -3.59. The van der Waals surface area contributed by atoms with E-state index in [2.05, 4.69) is 5.32 Å². The van der Waals surface area contributed by atoms with Gasteiger partial charge in [-0.15, -0.1) is 0 Å². The number of rotatable bonds is 9. The summed E-state index contributed by atoms with van der Waals surface area (Å²) in [6.45, 7) is 3.63. The number of amides is 1. The molecule has 7 nitrogen and oxygen atoms in total. The molecule has 9 heteroatoms. The number of sulfonamides is 1. The first-order valence-electron chi connectivity index (χ1n) is 9.50. The molecule has 0 unspecified atom stereocenters. The summed E-state index contributed by atoms with van der Waals surface area (Å²) < 4.78 is 48.7. The number of benzene rings is 2. The topological polar surface area (TPSA) is 101 Å². The van der Waals surface area contributed by atoms with Crippen LogP contribution in [0.1, 0.15) is 36.1 Å². The van der Waals surface area contributed by atoms with Gasteiger partial charge < -0.3 is 5.32 Å². The molecule has 0 aromatic heterocycles. The van der Waals surface area contributed by atoms with E-state index < -0.39 is 25.8 Å². The molecule has 30 heavy (non-hydrogen) atoms. The summed E-state index contributed by atoms with van der Waals surface area (Å²) >= 11 is 0.